The number of hydrogen-bond acceptors (Lipinski definition) is 3. The maximum atomic E-state index is 11.7. The van der Waals surface area contributed by atoms with Crippen molar-refractivity contribution < 1.29 is 9.53 Å². The van der Waals surface area contributed by atoms with E-state index in [9.17, 15) is 4.79 Å². The Bertz CT molecular complexity index is 525. The minimum Gasteiger partial charge on any atom is -0.375 e. The van der Waals surface area contributed by atoms with Gasteiger partial charge in [0, 0.05) is 17.0 Å². The molecule has 0 aliphatic heterocycles. The summed E-state index contributed by atoms with van der Waals surface area (Å²) in [7, 11) is 1.50. The van der Waals surface area contributed by atoms with E-state index < -0.39 is 0 Å². The Morgan fingerprint density at radius 1 is 1.37 bits per heavy atom. The summed E-state index contributed by atoms with van der Waals surface area (Å²) in [6.45, 7) is 0.0511. The second-order valence-corrected chi connectivity index (χ2v) is 5.42. The molecule has 2 rings (SSSR count). The van der Waals surface area contributed by atoms with Gasteiger partial charge in [0.1, 0.15) is 6.61 Å². The number of rotatable bonds is 5. The Balaban J connectivity index is 2.24. The van der Waals surface area contributed by atoms with Crippen molar-refractivity contribution in [3.8, 4) is 0 Å². The minimum absolute atomic E-state index is 0.0511. The molecule has 1 unspecified atom stereocenters. The summed E-state index contributed by atoms with van der Waals surface area (Å²) in [4.78, 5) is 12.8. The molecule has 0 aliphatic rings. The van der Waals surface area contributed by atoms with E-state index >= 15 is 0 Å². The van der Waals surface area contributed by atoms with Crippen molar-refractivity contribution in [2.24, 2.45) is 0 Å². The molecule has 0 spiro atoms. The van der Waals surface area contributed by atoms with Gasteiger partial charge in [-0.1, -0.05) is 29.8 Å². The third-order valence-corrected chi connectivity index (χ3v) is 3.80. The highest BCUT2D eigenvalue weighted by Gasteiger charge is 2.17. The molecule has 0 fully saturated rings. The van der Waals surface area contributed by atoms with E-state index in [1.807, 2.05) is 41.8 Å². The summed E-state index contributed by atoms with van der Waals surface area (Å²) in [5.74, 6) is -0.143. The van der Waals surface area contributed by atoms with Crippen molar-refractivity contribution in [3.05, 3.63) is 57.2 Å². The molecule has 3 nitrogen and oxygen atoms in total. The van der Waals surface area contributed by atoms with Crippen molar-refractivity contribution >= 4 is 28.8 Å². The molecule has 5 heteroatoms. The van der Waals surface area contributed by atoms with E-state index in [-0.39, 0.29) is 18.6 Å². The van der Waals surface area contributed by atoms with Crippen LogP contribution in [0.5, 0.6) is 0 Å². The molecule has 0 radical (unpaired) electrons. The van der Waals surface area contributed by atoms with Crippen LogP contribution in [0.25, 0.3) is 0 Å². The standard InChI is InChI=1S/C14H14ClNO2S/c1-18-9-13(17)16-14(12-3-2-8-19-12)10-4-6-11(15)7-5-10/h2-8,14H,9H2,1H3,(H,16,17). The van der Waals surface area contributed by atoms with Gasteiger partial charge in [-0.05, 0) is 29.1 Å². The Kier molecular flexibility index (Phi) is 4.96. The molecule has 1 atom stereocenters. The summed E-state index contributed by atoms with van der Waals surface area (Å²) in [6, 6.07) is 11.3. The summed E-state index contributed by atoms with van der Waals surface area (Å²) in [6.07, 6.45) is 0. The van der Waals surface area contributed by atoms with Gasteiger partial charge in [-0.15, -0.1) is 11.3 Å². The van der Waals surface area contributed by atoms with Crippen LogP contribution in [0.4, 0.5) is 0 Å². The van der Waals surface area contributed by atoms with Crippen molar-refractivity contribution in [2.75, 3.05) is 13.7 Å². The first kappa shape index (κ1) is 14.1. The molecule has 0 aliphatic carbocycles. The Labute approximate surface area is 121 Å². The van der Waals surface area contributed by atoms with Crippen LogP contribution in [0, 0.1) is 0 Å². The van der Waals surface area contributed by atoms with Crippen LogP contribution in [0.3, 0.4) is 0 Å². The summed E-state index contributed by atoms with van der Waals surface area (Å²) in [5, 5.41) is 5.62. The molecule has 100 valence electrons. The number of methoxy groups -OCH3 is 1. The van der Waals surface area contributed by atoms with Crippen LogP contribution in [-0.2, 0) is 9.53 Å². The van der Waals surface area contributed by atoms with E-state index in [1.165, 1.54) is 7.11 Å². The number of halogens is 1. The number of amides is 1. The lowest BCUT2D eigenvalue weighted by Gasteiger charge is -2.18. The zero-order chi connectivity index (χ0) is 13.7. The average Bonchev–Trinajstić information content (AvgIpc) is 2.91. The number of nitrogens with one attached hydrogen (secondary N) is 1. The second-order valence-electron chi connectivity index (χ2n) is 4.00. The molecule has 0 saturated heterocycles. The molecule has 0 saturated carbocycles. The van der Waals surface area contributed by atoms with E-state index in [0.29, 0.717) is 5.02 Å². The molecule has 1 aromatic carbocycles. The molecule has 0 bridgehead atoms. The molecule has 2 aromatic rings. The number of carbonyl (C=O) groups excluding carboxylic acids is 1. The SMILES string of the molecule is COCC(=O)NC(c1ccc(Cl)cc1)c1cccs1. The van der Waals surface area contributed by atoms with Gasteiger partial charge in [-0.2, -0.15) is 0 Å². The van der Waals surface area contributed by atoms with E-state index in [1.54, 1.807) is 11.3 Å². The highest BCUT2D eigenvalue weighted by molar-refractivity contribution is 7.10. The van der Waals surface area contributed by atoms with Gasteiger partial charge in [0.2, 0.25) is 5.91 Å². The molecule has 1 N–H and O–H groups in total. The Hall–Kier alpha value is -1.36. The van der Waals surface area contributed by atoms with Gasteiger partial charge in [0.25, 0.3) is 0 Å². The Morgan fingerprint density at radius 2 is 2.11 bits per heavy atom. The summed E-state index contributed by atoms with van der Waals surface area (Å²) in [5.41, 5.74) is 0.997. The van der Waals surface area contributed by atoms with Crippen LogP contribution in [0.15, 0.2) is 41.8 Å². The highest BCUT2D eigenvalue weighted by atomic mass is 35.5. The van der Waals surface area contributed by atoms with E-state index in [2.05, 4.69) is 5.32 Å². The molecule has 1 amide bonds. The zero-order valence-corrected chi connectivity index (χ0v) is 12.0. The van der Waals surface area contributed by atoms with Gasteiger partial charge in [0.15, 0.2) is 0 Å². The predicted molar refractivity (Wildman–Crippen MR) is 77.6 cm³/mol. The maximum Gasteiger partial charge on any atom is 0.246 e. The Morgan fingerprint density at radius 3 is 2.68 bits per heavy atom. The van der Waals surface area contributed by atoms with E-state index in [4.69, 9.17) is 16.3 Å². The largest absolute Gasteiger partial charge is 0.375 e. The number of ether oxygens (including phenoxy) is 1. The number of benzene rings is 1. The van der Waals surface area contributed by atoms with Crippen LogP contribution in [0.2, 0.25) is 5.02 Å². The maximum absolute atomic E-state index is 11.7. The zero-order valence-electron chi connectivity index (χ0n) is 10.4. The first-order chi connectivity index (χ1) is 9.20. The quantitative estimate of drug-likeness (QED) is 0.919. The average molecular weight is 296 g/mol. The third kappa shape index (κ3) is 3.80. The summed E-state index contributed by atoms with van der Waals surface area (Å²) < 4.78 is 4.85. The lowest BCUT2D eigenvalue weighted by Crippen LogP contribution is -2.31. The number of carbonyl (C=O) groups is 1. The molecule has 1 heterocycles. The van der Waals surface area contributed by atoms with Crippen molar-refractivity contribution in [3.63, 3.8) is 0 Å². The molecular weight excluding hydrogens is 282 g/mol. The first-order valence-electron chi connectivity index (χ1n) is 5.78. The van der Waals surface area contributed by atoms with Crippen LogP contribution < -0.4 is 5.32 Å². The van der Waals surface area contributed by atoms with Crippen LogP contribution in [0.1, 0.15) is 16.5 Å². The highest BCUT2D eigenvalue weighted by Crippen LogP contribution is 2.26. The lowest BCUT2D eigenvalue weighted by molar-refractivity contribution is -0.125. The first-order valence-corrected chi connectivity index (χ1v) is 7.03. The van der Waals surface area contributed by atoms with E-state index in [0.717, 1.165) is 10.4 Å². The fourth-order valence-corrected chi connectivity index (χ4v) is 2.69. The fraction of sp³-hybridized carbons (Fsp3) is 0.214. The normalized spacial score (nSPS) is 12.1. The van der Waals surface area contributed by atoms with Gasteiger partial charge in [-0.3, -0.25) is 4.79 Å². The number of hydrogen-bond donors (Lipinski definition) is 1. The van der Waals surface area contributed by atoms with Crippen molar-refractivity contribution in [2.45, 2.75) is 6.04 Å². The van der Waals surface area contributed by atoms with Gasteiger partial charge in [0.05, 0.1) is 6.04 Å². The molecule has 1 aromatic heterocycles. The predicted octanol–water partition coefficient (Wildman–Crippen LogP) is 3.25. The van der Waals surface area contributed by atoms with Crippen LogP contribution >= 0.6 is 22.9 Å². The van der Waals surface area contributed by atoms with Gasteiger partial charge < -0.3 is 10.1 Å². The third-order valence-electron chi connectivity index (χ3n) is 2.61. The topological polar surface area (TPSA) is 38.3 Å². The lowest BCUT2D eigenvalue weighted by atomic mass is 10.1. The molecular formula is C14H14ClNO2S. The van der Waals surface area contributed by atoms with Crippen molar-refractivity contribution in [1.82, 2.24) is 5.32 Å². The minimum atomic E-state index is -0.167. The number of thiophene rings is 1. The van der Waals surface area contributed by atoms with Crippen molar-refractivity contribution in [1.29, 1.82) is 0 Å². The van der Waals surface area contributed by atoms with Gasteiger partial charge in [-0.25, -0.2) is 0 Å². The molecule has 19 heavy (non-hydrogen) atoms. The smallest absolute Gasteiger partial charge is 0.246 e. The van der Waals surface area contributed by atoms with Crippen LogP contribution in [-0.4, -0.2) is 19.6 Å². The van der Waals surface area contributed by atoms with Gasteiger partial charge >= 0.3 is 0 Å². The summed E-state index contributed by atoms with van der Waals surface area (Å²) >= 11 is 7.49. The fourth-order valence-electron chi connectivity index (χ4n) is 1.76. The monoisotopic (exact) mass is 295 g/mol. The second kappa shape index (κ2) is 6.70.